The minimum Gasteiger partial charge on any atom is -0.476 e. The maximum absolute atomic E-state index is 11.3. The molecule has 5 nitrogen and oxygen atoms in total. The van der Waals surface area contributed by atoms with Crippen LogP contribution < -0.4 is 5.32 Å². The fraction of sp³-hybridized carbons (Fsp3) is 0.214. The smallest absolute Gasteiger partial charge is 0.356 e. The average molecular weight is 336 g/mol. The highest BCUT2D eigenvalue weighted by atomic mass is 79.9. The van der Waals surface area contributed by atoms with Crippen molar-refractivity contribution >= 4 is 33.3 Å². The van der Waals surface area contributed by atoms with Gasteiger partial charge in [-0.25, -0.2) is 14.8 Å². The SMILES string of the molecule is CC(C)c1ncc(Nc2cccc(Br)c2)c(C(=O)O)n1. The molecule has 1 aromatic heterocycles. The molecule has 0 aliphatic heterocycles. The Kier molecular flexibility index (Phi) is 4.34. The molecule has 0 unspecified atom stereocenters. The van der Waals surface area contributed by atoms with Gasteiger partial charge >= 0.3 is 5.97 Å². The Morgan fingerprint density at radius 1 is 1.40 bits per heavy atom. The highest BCUT2D eigenvalue weighted by Gasteiger charge is 2.15. The molecule has 0 atom stereocenters. The molecule has 0 saturated heterocycles. The fourth-order valence-corrected chi connectivity index (χ4v) is 2.05. The Hall–Kier alpha value is -1.95. The van der Waals surface area contributed by atoms with Crippen LogP contribution in [0.25, 0.3) is 0 Å². The van der Waals surface area contributed by atoms with Crippen molar-refractivity contribution in [3.05, 3.63) is 46.5 Å². The van der Waals surface area contributed by atoms with Gasteiger partial charge in [-0.3, -0.25) is 0 Å². The third kappa shape index (κ3) is 3.33. The molecule has 0 aliphatic carbocycles. The lowest BCUT2D eigenvalue weighted by Crippen LogP contribution is -2.10. The first kappa shape index (κ1) is 14.5. The average Bonchev–Trinajstić information content (AvgIpc) is 2.38. The molecule has 1 heterocycles. The minimum atomic E-state index is -1.08. The number of halogens is 1. The van der Waals surface area contributed by atoms with E-state index in [2.05, 4.69) is 31.2 Å². The van der Waals surface area contributed by atoms with E-state index in [0.717, 1.165) is 10.2 Å². The predicted molar refractivity (Wildman–Crippen MR) is 80.5 cm³/mol. The maximum atomic E-state index is 11.3. The molecule has 0 bridgehead atoms. The third-order valence-electron chi connectivity index (χ3n) is 2.63. The third-order valence-corrected chi connectivity index (χ3v) is 3.12. The van der Waals surface area contributed by atoms with E-state index in [-0.39, 0.29) is 11.6 Å². The van der Waals surface area contributed by atoms with E-state index >= 15 is 0 Å². The summed E-state index contributed by atoms with van der Waals surface area (Å²) in [6.45, 7) is 3.84. The maximum Gasteiger partial charge on any atom is 0.356 e. The van der Waals surface area contributed by atoms with Crippen LogP contribution in [0.2, 0.25) is 0 Å². The quantitative estimate of drug-likeness (QED) is 0.888. The van der Waals surface area contributed by atoms with Gasteiger partial charge in [-0.1, -0.05) is 35.8 Å². The fourth-order valence-electron chi connectivity index (χ4n) is 1.65. The van der Waals surface area contributed by atoms with Crippen LogP contribution in [0.1, 0.15) is 36.1 Å². The number of hydrogen-bond acceptors (Lipinski definition) is 4. The van der Waals surface area contributed by atoms with Crippen LogP contribution in [0.3, 0.4) is 0 Å². The van der Waals surface area contributed by atoms with Crippen LogP contribution in [-0.4, -0.2) is 21.0 Å². The van der Waals surface area contributed by atoms with Gasteiger partial charge in [0.15, 0.2) is 5.69 Å². The van der Waals surface area contributed by atoms with E-state index < -0.39 is 5.97 Å². The minimum absolute atomic E-state index is 0.0244. The second kappa shape index (κ2) is 6.00. The molecule has 0 fully saturated rings. The van der Waals surface area contributed by atoms with Crippen molar-refractivity contribution in [2.24, 2.45) is 0 Å². The first-order valence-corrected chi connectivity index (χ1v) is 6.89. The summed E-state index contributed by atoms with van der Waals surface area (Å²) >= 11 is 3.37. The normalized spacial score (nSPS) is 10.6. The molecule has 0 aliphatic rings. The predicted octanol–water partition coefficient (Wildman–Crippen LogP) is 3.80. The van der Waals surface area contributed by atoms with Crippen LogP contribution in [0.5, 0.6) is 0 Å². The molecule has 1 aromatic carbocycles. The lowest BCUT2D eigenvalue weighted by atomic mass is 10.2. The van der Waals surface area contributed by atoms with Crippen LogP contribution in [0, 0.1) is 0 Å². The number of anilines is 2. The summed E-state index contributed by atoms with van der Waals surface area (Å²) in [5, 5.41) is 12.3. The van der Waals surface area contributed by atoms with E-state index in [1.54, 1.807) is 0 Å². The molecule has 104 valence electrons. The van der Waals surface area contributed by atoms with Gasteiger partial charge in [-0.15, -0.1) is 0 Å². The lowest BCUT2D eigenvalue weighted by Gasteiger charge is -2.11. The first-order valence-electron chi connectivity index (χ1n) is 6.10. The molecule has 0 amide bonds. The Morgan fingerprint density at radius 2 is 2.15 bits per heavy atom. The zero-order valence-electron chi connectivity index (χ0n) is 11.1. The molecule has 2 aromatic rings. The largest absolute Gasteiger partial charge is 0.476 e. The number of benzene rings is 1. The van der Waals surface area contributed by atoms with E-state index in [0.29, 0.717) is 11.5 Å². The summed E-state index contributed by atoms with van der Waals surface area (Å²) in [5.74, 6) is -0.484. The molecule has 2 N–H and O–H groups in total. The van der Waals surface area contributed by atoms with Crippen molar-refractivity contribution in [1.82, 2.24) is 9.97 Å². The molecule has 20 heavy (non-hydrogen) atoms. The molecule has 6 heteroatoms. The number of nitrogens with one attached hydrogen (secondary N) is 1. The number of aromatic nitrogens is 2. The Labute approximate surface area is 125 Å². The van der Waals surface area contributed by atoms with E-state index in [9.17, 15) is 9.90 Å². The Bertz CT molecular complexity index is 644. The van der Waals surface area contributed by atoms with Crippen molar-refractivity contribution in [3.63, 3.8) is 0 Å². The van der Waals surface area contributed by atoms with Gasteiger partial charge in [0.05, 0.1) is 11.9 Å². The summed E-state index contributed by atoms with van der Waals surface area (Å²) in [6, 6.07) is 7.44. The molecular weight excluding hydrogens is 322 g/mol. The van der Waals surface area contributed by atoms with Gasteiger partial charge < -0.3 is 10.4 Å². The number of carbonyl (C=O) groups is 1. The summed E-state index contributed by atoms with van der Waals surface area (Å²) in [7, 11) is 0. The van der Waals surface area contributed by atoms with Crippen LogP contribution >= 0.6 is 15.9 Å². The van der Waals surface area contributed by atoms with Crippen molar-refractivity contribution in [2.45, 2.75) is 19.8 Å². The zero-order valence-corrected chi connectivity index (χ0v) is 12.7. The first-order chi connectivity index (χ1) is 9.47. The molecule has 0 radical (unpaired) electrons. The van der Waals surface area contributed by atoms with Crippen LogP contribution in [0.15, 0.2) is 34.9 Å². The van der Waals surface area contributed by atoms with Crippen molar-refractivity contribution in [2.75, 3.05) is 5.32 Å². The number of aromatic carboxylic acids is 1. The number of hydrogen-bond donors (Lipinski definition) is 2. The second-order valence-electron chi connectivity index (χ2n) is 4.59. The monoisotopic (exact) mass is 335 g/mol. The summed E-state index contributed by atoms with van der Waals surface area (Å²) < 4.78 is 0.902. The number of carboxylic acids is 1. The van der Waals surface area contributed by atoms with E-state index in [1.807, 2.05) is 38.1 Å². The molecule has 2 rings (SSSR count). The van der Waals surface area contributed by atoms with E-state index in [1.165, 1.54) is 6.20 Å². The highest BCUT2D eigenvalue weighted by Crippen LogP contribution is 2.23. The Morgan fingerprint density at radius 3 is 2.75 bits per heavy atom. The molecule has 0 spiro atoms. The molecule has 0 saturated carbocycles. The summed E-state index contributed by atoms with van der Waals surface area (Å²) in [6.07, 6.45) is 1.51. The van der Waals surface area contributed by atoms with Crippen LogP contribution in [0.4, 0.5) is 11.4 Å². The molecular formula is C14H14BrN3O2. The van der Waals surface area contributed by atoms with Crippen molar-refractivity contribution in [3.8, 4) is 0 Å². The van der Waals surface area contributed by atoms with Gasteiger partial charge in [0.1, 0.15) is 5.82 Å². The van der Waals surface area contributed by atoms with Gasteiger partial charge in [0.2, 0.25) is 0 Å². The topological polar surface area (TPSA) is 75.1 Å². The van der Waals surface area contributed by atoms with Gasteiger partial charge in [0.25, 0.3) is 0 Å². The van der Waals surface area contributed by atoms with Gasteiger partial charge in [-0.05, 0) is 18.2 Å². The number of nitrogens with zero attached hydrogens (tertiary/aromatic N) is 2. The summed E-state index contributed by atoms with van der Waals surface area (Å²) in [4.78, 5) is 19.6. The number of carboxylic acid groups (broad SMARTS) is 1. The number of rotatable bonds is 4. The second-order valence-corrected chi connectivity index (χ2v) is 5.50. The van der Waals surface area contributed by atoms with Crippen molar-refractivity contribution in [1.29, 1.82) is 0 Å². The summed E-state index contributed by atoms with van der Waals surface area (Å²) in [5.41, 5.74) is 1.12. The van der Waals surface area contributed by atoms with E-state index in [4.69, 9.17) is 0 Å². The standard InChI is InChI=1S/C14H14BrN3O2/c1-8(2)13-16-7-11(12(18-13)14(19)20)17-10-5-3-4-9(15)6-10/h3-8,17H,1-2H3,(H,19,20). The highest BCUT2D eigenvalue weighted by molar-refractivity contribution is 9.10. The lowest BCUT2D eigenvalue weighted by molar-refractivity contribution is 0.0691. The van der Waals surface area contributed by atoms with Crippen molar-refractivity contribution < 1.29 is 9.90 Å². The van der Waals surface area contributed by atoms with Gasteiger partial charge in [0, 0.05) is 16.1 Å². The van der Waals surface area contributed by atoms with Crippen LogP contribution in [-0.2, 0) is 0 Å². The Balaban J connectivity index is 2.38. The van der Waals surface area contributed by atoms with Gasteiger partial charge in [-0.2, -0.15) is 0 Å². The zero-order chi connectivity index (χ0) is 14.7.